The first-order chi connectivity index (χ1) is 15.8. The summed E-state index contributed by atoms with van der Waals surface area (Å²) in [6.07, 6.45) is 0. The summed E-state index contributed by atoms with van der Waals surface area (Å²) in [5.41, 5.74) is 0.955. The van der Waals surface area contributed by atoms with Crippen LogP contribution in [0.2, 0.25) is 0 Å². The molecule has 0 unspecified atom stereocenters. The van der Waals surface area contributed by atoms with Crippen LogP contribution in [0, 0.1) is 5.82 Å². The number of hydrogen-bond donors (Lipinski definition) is 1. The Kier molecular flexibility index (Phi) is 7.11. The second kappa shape index (κ2) is 10.0. The first-order valence-corrected chi connectivity index (χ1v) is 13.0. The average Bonchev–Trinajstić information content (AvgIpc) is 3.23. The van der Waals surface area contributed by atoms with Gasteiger partial charge in [0.05, 0.1) is 22.2 Å². The van der Waals surface area contributed by atoms with Crippen LogP contribution in [0.25, 0.3) is 10.2 Å². The number of methoxy groups -OCH3 is 1. The third kappa shape index (κ3) is 5.79. The molecule has 0 saturated carbocycles. The lowest BCUT2D eigenvalue weighted by molar-refractivity contribution is -0.118. The second-order valence-electron chi connectivity index (χ2n) is 7.72. The van der Waals surface area contributed by atoms with E-state index in [2.05, 4.69) is 15.1 Å². The van der Waals surface area contributed by atoms with Gasteiger partial charge in [-0.05, 0) is 42.5 Å². The van der Waals surface area contributed by atoms with Gasteiger partial charge >= 0.3 is 0 Å². The number of carbonyl (C=O) groups is 1. The molecular formula is C22H25FN4O4S2. The molecule has 0 spiro atoms. The van der Waals surface area contributed by atoms with Crippen molar-refractivity contribution in [3.63, 3.8) is 0 Å². The highest BCUT2D eigenvalue weighted by Gasteiger charge is 2.21. The van der Waals surface area contributed by atoms with E-state index in [1.165, 1.54) is 12.1 Å². The van der Waals surface area contributed by atoms with Gasteiger partial charge < -0.3 is 15.0 Å². The fraction of sp³-hybridized carbons (Fsp3) is 0.364. The SMILES string of the molecule is COc1ccc2nc(N3CCN(CCNC(=O)CS(=O)(=O)c4ccc(F)cc4)CC3)sc2c1. The Hall–Kier alpha value is -2.76. The molecule has 0 atom stereocenters. The standard InChI is InChI=1S/C22H25FN4O4S2/c1-31-17-4-7-19-20(14-17)32-22(25-19)27-12-10-26(11-13-27)9-8-24-21(28)15-33(29,30)18-5-2-16(23)3-6-18/h2-7,14H,8-13,15H2,1H3,(H,24,28). The van der Waals surface area contributed by atoms with Gasteiger partial charge in [-0.3, -0.25) is 9.69 Å². The van der Waals surface area contributed by atoms with Gasteiger partial charge in [-0.15, -0.1) is 0 Å². The molecule has 0 aliphatic carbocycles. The lowest BCUT2D eigenvalue weighted by atomic mass is 10.3. The highest BCUT2D eigenvalue weighted by molar-refractivity contribution is 7.92. The zero-order chi connectivity index (χ0) is 23.4. The van der Waals surface area contributed by atoms with E-state index < -0.39 is 27.3 Å². The maximum absolute atomic E-state index is 13.0. The molecule has 1 N–H and O–H groups in total. The molecule has 0 radical (unpaired) electrons. The number of halogens is 1. The molecule has 176 valence electrons. The minimum atomic E-state index is -3.80. The lowest BCUT2D eigenvalue weighted by Crippen LogP contribution is -2.48. The fourth-order valence-electron chi connectivity index (χ4n) is 3.62. The summed E-state index contributed by atoms with van der Waals surface area (Å²) in [6, 6.07) is 10.3. The molecule has 1 aromatic heterocycles. The normalized spacial score (nSPS) is 15.0. The maximum atomic E-state index is 13.0. The highest BCUT2D eigenvalue weighted by Crippen LogP contribution is 2.31. The molecule has 1 saturated heterocycles. The van der Waals surface area contributed by atoms with Crippen molar-refractivity contribution in [2.24, 2.45) is 0 Å². The Morgan fingerprint density at radius 2 is 1.88 bits per heavy atom. The fourth-order valence-corrected chi connectivity index (χ4v) is 5.83. The van der Waals surface area contributed by atoms with Crippen molar-refractivity contribution < 1.29 is 22.3 Å². The predicted octanol–water partition coefficient (Wildman–Crippen LogP) is 2.16. The summed E-state index contributed by atoms with van der Waals surface area (Å²) < 4.78 is 43.9. The topological polar surface area (TPSA) is 91.8 Å². The molecule has 1 fully saturated rings. The van der Waals surface area contributed by atoms with E-state index >= 15 is 0 Å². The Morgan fingerprint density at radius 3 is 2.58 bits per heavy atom. The van der Waals surface area contributed by atoms with Crippen molar-refractivity contribution in [2.75, 3.05) is 57.0 Å². The van der Waals surface area contributed by atoms with Crippen molar-refractivity contribution in [1.29, 1.82) is 0 Å². The van der Waals surface area contributed by atoms with Gasteiger partial charge in [-0.25, -0.2) is 17.8 Å². The molecular weight excluding hydrogens is 467 g/mol. The monoisotopic (exact) mass is 492 g/mol. The van der Waals surface area contributed by atoms with Gasteiger partial charge in [-0.1, -0.05) is 11.3 Å². The molecule has 33 heavy (non-hydrogen) atoms. The van der Waals surface area contributed by atoms with Gasteiger partial charge in [0.25, 0.3) is 0 Å². The number of benzene rings is 2. The van der Waals surface area contributed by atoms with Crippen molar-refractivity contribution in [2.45, 2.75) is 4.90 Å². The number of hydrogen-bond acceptors (Lipinski definition) is 8. The number of sulfone groups is 1. The van der Waals surface area contributed by atoms with Gasteiger partial charge in [0.2, 0.25) is 5.91 Å². The third-order valence-corrected chi connectivity index (χ3v) is 8.18. The van der Waals surface area contributed by atoms with Crippen LogP contribution in [0.15, 0.2) is 47.4 Å². The second-order valence-corrected chi connectivity index (χ2v) is 10.7. The summed E-state index contributed by atoms with van der Waals surface area (Å²) in [5, 5.41) is 3.65. The largest absolute Gasteiger partial charge is 0.497 e. The highest BCUT2D eigenvalue weighted by atomic mass is 32.2. The first-order valence-electron chi connectivity index (χ1n) is 10.5. The minimum Gasteiger partial charge on any atom is -0.497 e. The zero-order valence-electron chi connectivity index (χ0n) is 18.2. The molecule has 1 aliphatic heterocycles. The van der Waals surface area contributed by atoms with Crippen molar-refractivity contribution in [1.82, 2.24) is 15.2 Å². The predicted molar refractivity (Wildman–Crippen MR) is 126 cm³/mol. The Labute approximate surface area is 195 Å². The Morgan fingerprint density at radius 1 is 1.15 bits per heavy atom. The summed E-state index contributed by atoms with van der Waals surface area (Å²) in [5.74, 6) is -0.936. The van der Waals surface area contributed by atoms with E-state index in [4.69, 9.17) is 9.72 Å². The van der Waals surface area contributed by atoms with Crippen LogP contribution in [0.1, 0.15) is 0 Å². The first kappa shape index (κ1) is 23.4. The lowest BCUT2D eigenvalue weighted by Gasteiger charge is -2.34. The molecule has 8 nitrogen and oxygen atoms in total. The van der Waals surface area contributed by atoms with Gasteiger partial charge in [0.15, 0.2) is 15.0 Å². The number of nitrogens with one attached hydrogen (secondary N) is 1. The van der Waals surface area contributed by atoms with Crippen LogP contribution in [-0.2, 0) is 14.6 Å². The van der Waals surface area contributed by atoms with Gasteiger partial charge in [-0.2, -0.15) is 0 Å². The number of ether oxygens (including phenoxy) is 1. The number of nitrogens with zero attached hydrogens (tertiary/aromatic N) is 3. The van der Waals surface area contributed by atoms with Crippen molar-refractivity contribution in [3.8, 4) is 5.75 Å². The van der Waals surface area contributed by atoms with Crippen LogP contribution < -0.4 is 15.0 Å². The van der Waals surface area contributed by atoms with Gasteiger partial charge in [0, 0.05) is 39.3 Å². The van der Waals surface area contributed by atoms with Crippen LogP contribution in [0.4, 0.5) is 9.52 Å². The molecule has 1 amide bonds. The Bertz CT molecular complexity index is 1220. The number of fused-ring (bicyclic) bond motifs is 1. The van der Waals surface area contributed by atoms with E-state index in [1.54, 1.807) is 18.4 Å². The van der Waals surface area contributed by atoms with Crippen LogP contribution in [0.3, 0.4) is 0 Å². The summed E-state index contributed by atoms with van der Waals surface area (Å²) in [7, 11) is -2.15. The molecule has 2 heterocycles. The average molecular weight is 493 g/mol. The van der Waals surface area contributed by atoms with Crippen molar-refractivity contribution >= 4 is 42.4 Å². The number of anilines is 1. The number of piperazine rings is 1. The van der Waals surface area contributed by atoms with E-state index in [0.29, 0.717) is 13.1 Å². The smallest absolute Gasteiger partial charge is 0.235 e. The number of carbonyl (C=O) groups excluding carboxylic acids is 1. The molecule has 4 rings (SSSR count). The van der Waals surface area contributed by atoms with Crippen molar-refractivity contribution in [3.05, 3.63) is 48.3 Å². The summed E-state index contributed by atoms with van der Waals surface area (Å²) in [6.45, 7) is 4.28. The quantitative estimate of drug-likeness (QED) is 0.482. The molecule has 11 heteroatoms. The molecule has 3 aromatic rings. The van der Waals surface area contributed by atoms with Crippen LogP contribution in [0.5, 0.6) is 5.75 Å². The third-order valence-electron chi connectivity index (χ3n) is 5.47. The van der Waals surface area contributed by atoms with Gasteiger partial charge in [0.1, 0.15) is 17.3 Å². The number of thiazole rings is 1. The Balaban J connectivity index is 1.22. The van der Waals surface area contributed by atoms with E-state index in [1.807, 2.05) is 18.2 Å². The summed E-state index contributed by atoms with van der Waals surface area (Å²) >= 11 is 1.64. The molecule has 1 aliphatic rings. The van der Waals surface area contributed by atoms with E-state index in [0.717, 1.165) is 59.4 Å². The maximum Gasteiger partial charge on any atom is 0.235 e. The van der Waals surface area contributed by atoms with Crippen LogP contribution in [-0.4, -0.2) is 76.3 Å². The van der Waals surface area contributed by atoms with E-state index in [-0.39, 0.29) is 4.90 Å². The minimum absolute atomic E-state index is 0.0662. The number of aromatic nitrogens is 1. The molecule has 2 aromatic carbocycles. The zero-order valence-corrected chi connectivity index (χ0v) is 19.8. The summed E-state index contributed by atoms with van der Waals surface area (Å²) in [4.78, 5) is 21.2. The van der Waals surface area contributed by atoms with E-state index in [9.17, 15) is 17.6 Å². The number of rotatable bonds is 8. The molecule has 0 bridgehead atoms. The van der Waals surface area contributed by atoms with Crippen LogP contribution >= 0.6 is 11.3 Å². The number of amides is 1.